The molecule has 0 aliphatic carbocycles. The number of alkyl halides is 6. The van der Waals surface area contributed by atoms with Gasteiger partial charge in [-0.2, -0.15) is 41.6 Å². The van der Waals surface area contributed by atoms with E-state index in [2.05, 4.69) is 36.2 Å². The predicted molar refractivity (Wildman–Crippen MR) is 348 cm³/mol. The van der Waals surface area contributed by atoms with Crippen molar-refractivity contribution in [1.82, 2.24) is 50.3 Å². The molecule has 16 nitrogen and oxygen atoms in total. The lowest BCUT2D eigenvalue weighted by Crippen LogP contribution is -2.29. The summed E-state index contributed by atoms with van der Waals surface area (Å²) < 4.78 is 107. The number of pyridine rings is 1. The van der Waals surface area contributed by atoms with Crippen molar-refractivity contribution in [3.63, 3.8) is 0 Å². The van der Waals surface area contributed by atoms with Gasteiger partial charge in [-0.3, -0.25) is 19.4 Å². The summed E-state index contributed by atoms with van der Waals surface area (Å²) in [6.07, 6.45) is 4.80. The Hall–Kier alpha value is -8.35. The van der Waals surface area contributed by atoms with Gasteiger partial charge in [-0.1, -0.05) is 112 Å². The van der Waals surface area contributed by atoms with Gasteiger partial charge in [0.2, 0.25) is 0 Å². The molecule has 4 aromatic heterocycles. The summed E-state index contributed by atoms with van der Waals surface area (Å²) in [7, 11) is -3.39. The van der Waals surface area contributed by atoms with Crippen molar-refractivity contribution in [2.45, 2.75) is 128 Å². The Balaban J connectivity index is 0.000000198. The van der Waals surface area contributed by atoms with Crippen molar-refractivity contribution in [2.75, 3.05) is 6.26 Å². The highest BCUT2D eigenvalue weighted by molar-refractivity contribution is 7.90. The van der Waals surface area contributed by atoms with E-state index >= 15 is 0 Å². The molecule has 0 spiro atoms. The molecule has 0 saturated carbocycles. The summed E-state index contributed by atoms with van der Waals surface area (Å²) in [5.74, 6) is -1.09. The first-order valence-electron chi connectivity index (χ1n) is 29.8. The third-order valence-corrected chi connectivity index (χ3v) is 16.7. The topological polar surface area (TPSA) is 214 Å². The van der Waals surface area contributed by atoms with Gasteiger partial charge in [0.15, 0.2) is 9.84 Å². The van der Waals surface area contributed by atoms with E-state index in [1.54, 1.807) is 87.0 Å². The molecule has 0 bridgehead atoms. The van der Waals surface area contributed by atoms with Gasteiger partial charge in [0.1, 0.15) is 0 Å². The Kier molecular flexibility index (Phi) is 25.2. The van der Waals surface area contributed by atoms with Crippen molar-refractivity contribution in [1.29, 1.82) is 0 Å². The Bertz CT molecular complexity index is 4110. The number of hydrogen-bond donors (Lipinski definition) is 4. The lowest BCUT2D eigenvalue weighted by atomic mass is 9.99. The summed E-state index contributed by atoms with van der Waals surface area (Å²) in [5, 5.41) is 23.5. The number of benzene rings is 5. The van der Waals surface area contributed by atoms with Crippen LogP contribution in [-0.2, 0) is 35.2 Å². The minimum atomic E-state index is -4.46. The van der Waals surface area contributed by atoms with Gasteiger partial charge >= 0.3 is 12.4 Å². The lowest BCUT2D eigenvalue weighted by molar-refractivity contribution is -0.138. The maximum Gasteiger partial charge on any atom is 0.416 e. The Morgan fingerprint density at radius 3 is 1.28 bits per heavy atom. The van der Waals surface area contributed by atoms with Crippen molar-refractivity contribution < 1.29 is 49.1 Å². The minimum Gasteiger partial charge on any atom is -0.345 e. The molecule has 1 unspecified atom stereocenters. The molecule has 0 radical (unpaired) electrons. The fourth-order valence-corrected chi connectivity index (χ4v) is 11.1. The van der Waals surface area contributed by atoms with Crippen LogP contribution < -0.4 is 21.7 Å². The number of nitrogens with zero attached hydrogens (tertiary/aromatic N) is 7. The van der Waals surface area contributed by atoms with E-state index in [-0.39, 0.29) is 34.9 Å². The zero-order chi connectivity index (χ0) is 67.8. The number of rotatable bonds is 22. The lowest BCUT2D eigenvalue weighted by Gasteiger charge is -2.20. The maximum atomic E-state index is 13.2. The largest absolute Gasteiger partial charge is 0.416 e. The van der Waals surface area contributed by atoms with E-state index in [1.807, 2.05) is 58.9 Å². The van der Waals surface area contributed by atoms with Gasteiger partial charge in [0, 0.05) is 40.3 Å². The molecule has 9 aromatic rings. The van der Waals surface area contributed by atoms with Crippen LogP contribution in [0.2, 0.25) is 15.1 Å². The van der Waals surface area contributed by atoms with E-state index in [1.165, 1.54) is 36.9 Å². The second kappa shape index (κ2) is 32.5. The van der Waals surface area contributed by atoms with Crippen molar-refractivity contribution in [3.8, 4) is 17.1 Å². The molecular formula is C67H70Cl3F6N11O5S. The van der Waals surface area contributed by atoms with E-state index < -0.39 is 51.3 Å². The minimum absolute atomic E-state index is 0.0490. The second-order valence-corrected chi connectivity index (χ2v) is 25.0. The molecule has 5 aromatic carbocycles. The number of amides is 3. The van der Waals surface area contributed by atoms with E-state index in [0.717, 1.165) is 60.4 Å². The summed E-state index contributed by atoms with van der Waals surface area (Å²) in [4.78, 5) is 43.3. The Morgan fingerprint density at radius 2 is 0.882 bits per heavy atom. The molecule has 93 heavy (non-hydrogen) atoms. The predicted octanol–water partition coefficient (Wildman–Crippen LogP) is 15.9. The second-order valence-electron chi connectivity index (χ2n) is 21.7. The SMILES string of the molecule is CCCC(NC(=O)c1cnn(-c2ccc(Cl)cc2)c1C)c1cncc(S(C)(=O)=O)c1.CCC[C@H](NC(=O)c1cnn(-c2ccc(Cl)cc2)c1CN)c1cccc(C(F)(F)F)c1.CCCc1c(C(=O)N[C@@H](CCC)c2cccc(C(F)(F)F)c2)cnn1-c1ccc(Cl)cc1. The number of halogens is 9. The molecular weight excluding hydrogens is 1290 g/mol. The van der Waals surface area contributed by atoms with Gasteiger partial charge in [-0.15, -0.1) is 0 Å². The maximum absolute atomic E-state index is 13.2. The highest BCUT2D eigenvalue weighted by atomic mass is 35.5. The number of carbonyl (C=O) groups is 3. The van der Waals surface area contributed by atoms with Crippen LogP contribution in [-0.4, -0.2) is 66.7 Å². The van der Waals surface area contributed by atoms with Crippen molar-refractivity contribution in [3.05, 3.63) is 235 Å². The zero-order valence-corrected chi connectivity index (χ0v) is 54.8. The molecule has 0 aliphatic rings. The molecule has 26 heteroatoms. The van der Waals surface area contributed by atoms with Crippen LogP contribution in [0, 0.1) is 6.92 Å². The quantitative estimate of drug-likeness (QED) is 0.0471. The van der Waals surface area contributed by atoms with E-state index in [4.69, 9.17) is 40.5 Å². The number of nitrogens with two attached hydrogens (primary N) is 1. The van der Waals surface area contributed by atoms with Gasteiger partial charge < -0.3 is 21.7 Å². The summed E-state index contributed by atoms with van der Waals surface area (Å²) in [5.41, 5.74) is 11.2. The molecule has 3 atom stereocenters. The third-order valence-electron chi connectivity index (χ3n) is 14.8. The number of hydrogen-bond acceptors (Lipinski definition) is 10. The monoisotopic (exact) mass is 1360 g/mol. The van der Waals surface area contributed by atoms with Crippen LogP contribution >= 0.6 is 34.8 Å². The van der Waals surface area contributed by atoms with Crippen molar-refractivity contribution in [2.24, 2.45) is 5.73 Å². The number of carbonyl (C=O) groups excluding carboxylic acids is 3. The van der Waals surface area contributed by atoms with Gasteiger partial charge in [-0.25, -0.2) is 22.5 Å². The van der Waals surface area contributed by atoms with Crippen LogP contribution in [0.15, 0.2) is 163 Å². The standard InChI is InChI=1S/C24H25ClF3N3O.C22H22ClF3N4O.C21H23ClN4O3S/c1-3-6-21(16-8-5-9-17(14-16)24(26,27)28)30-23(32)20-15-29-31(22(20)7-4-2)19-12-10-18(25)11-13-19;1-2-4-19(14-5-3-6-15(11-14)22(24,25)26)29-21(31)18-13-28-30(20(18)12-27)17-9-7-16(23)8-10-17;1-4-5-20(15-10-18(12-23-11-15)30(3,28)29)25-21(27)19-13-24-26(14(19)2)17-8-6-16(22)7-9-17/h5,8-15,21H,3-4,6-7H2,1-2H3,(H,30,32);3,5-11,13,19H,2,4,12,27H2,1H3,(H,29,31);6-13,20H,4-5H2,1-3H3,(H,25,27)/t21-;19-;/m00./s1. The average Bonchev–Trinajstić information content (AvgIpc) is 1.74. The fourth-order valence-electron chi connectivity index (χ4n) is 10.1. The number of nitrogens with one attached hydrogen (secondary N) is 3. The Morgan fingerprint density at radius 1 is 0.505 bits per heavy atom. The number of sulfone groups is 1. The summed E-state index contributed by atoms with van der Waals surface area (Å²) >= 11 is 17.8. The normalized spacial score (nSPS) is 12.6. The smallest absolute Gasteiger partial charge is 0.345 e. The highest BCUT2D eigenvalue weighted by Crippen LogP contribution is 2.34. The zero-order valence-electron chi connectivity index (χ0n) is 51.7. The van der Waals surface area contributed by atoms with Crippen LogP contribution in [0.5, 0.6) is 0 Å². The molecule has 5 N–H and O–H groups in total. The first-order chi connectivity index (χ1) is 44.2. The van der Waals surface area contributed by atoms with Crippen LogP contribution in [0.1, 0.15) is 167 Å². The molecule has 0 fully saturated rings. The average molecular weight is 1360 g/mol. The van der Waals surface area contributed by atoms with Gasteiger partial charge in [-0.05, 0) is 152 Å². The third kappa shape index (κ3) is 19.1. The molecule has 0 aliphatic heterocycles. The van der Waals surface area contributed by atoms with E-state index in [9.17, 15) is 49.1 Å². The molecule has 4 heterocycles. The van der Waals surface area contributed by atoms with Gasteiger partial charge in [0.05, 0.1) is 104 Å². The molecule has 492 valence electrons. The molecule has 9 rings (SSSR count). The van der Waals surface area contributed by atoms with Crippen LogP contribution in [0.25, 0.3) is 17.1 Å². The first-order valence-corrected chi connectivity index (χ1v) is 32.8. The van der Waals surface area contributed by atoms with Gasteiger partial charge in [0.25, 0.3) is 17.7 Å². The fraction of sp³-hybridized carbons (Fsp3) is 0.299. The number of aromatic nitrogens is 7. The van der Waals surface area contributed by atoms with Crippen molar-refractivity contribution >= 4 is 62.4 Å². The summed E-state index contributed by atoms with van der Waals surface area (Å²) in [6.45, 7) is 9.69. The first kappa shape index (κ1) is 72.1. The molecule has 3 amide bonds. The van der Waals surface area contributed by atoms with Crippen LogP contribution in [0.3, 0.4) is 0 Å². The highest BCUT2D eigenvalue weighted by Gasteiger charge is 2.33. The Labute approximate surface area is 550 Å². The van der Waals surface area contributed by atoms with Crippen LogP contribution in [0.4, 0.5) is 26.3 Å². The molecule has 0 saturated heterocycles. The summed E-state index contributed by atoms with van der Waals surface area (Å²) in [6, 6.07) is 31.4. The van der Waals surface area contributed by atoms with E-state index in [0.29, 0.717) is 98.5 Å².